The molecule has 2 heterocycles. The second kappa shape index (κ2) is 9.88. The highest BCUT2D eigenvalue weighted by Gasteiger charge is 2.18. The maximum absolute atomic E-state index is 12.5. The number of Topliss-reactive ketones (excluding diaryl/α,β-unsaturated/α-hetero) is 1. The molecule has 31 heavy (non-hydrogen) atoms. The minimum Gasteiger partial charge on any atom is -0.492 e. The molecule has 0 aliphatic heterocycles. The van der Waals surface area contributed by atoms with Gasteiger partial charge in [-0.2, -0.15) is 5.10 Å². The molecule has 0 spiro atoms. The maximum Gasteiger partial charge on any atom is 0.359 e. The van der Waals surface area contributed by atoms with Crippen molar-refractivity contribution < 1.29 is 19.1 Å². The van der Waals surface area contributed by atoms with Crippen LogP contribution in [-0.4, -0.2) is 39.3 Å². The molecule has 2 aromatic heterocycles. The van der Waals surface area contributed by atoms with Crippen LogP contribution in [0.5, 0.6) is 5.75 Å². The first kappa shape index (κ1) is 22.0. The third-order valence-corrected chi connectivity index (χ3v) is 4.92. The van der Waals surface area contributed by atoms with Crippen molar-refractivity contribution in [1.29, 1.82) is 0 Å². The van der Waals surface area contributed by atoms with Gasteiger partial charge in [-0.3, -0.25) is 9.59 Å². The number of nitrogens with zero attached hydrogens (tertiary/aromatic N) is 3. The first-order valence-corrected chi connectivity index (χ1v) is 10.0. The maximum atomic E-state index is 12.5. The number of esters is 1. The smallest absolute Gasteiger partial charge is 0.359 e. The van der Waals surface area contributed by atoms with Crippen molar-refractivity contribution in [2.75, 3.05) is 13.2 Å². The van der Waals surface area contributed by atoms with E-state index < -0.39 is 12.6 Å². The lowest BCUT2D eigenvalue weighted by molar-refractivity contribution is 0.0465. The molecule has 0 fully saturated rings. The van der Waals surface area contributed by atoms with Gasteiger partial charge in [0, 0.05) is 29.6 Å². The monoisotopic (exact) mass is 423 g/mol. The van der Waals surface area contributed by atoms with Gasteiger partial charge in [-0.25, -0.2) is 9.48 Å². The molecule has 0 N–H and O–H groups in total. The summed E-state index contributed by atoms with van der Waals surface area (Å²) in [5, 5.41) is 4.04. The molecule has 8 heteroatoms. The average Bonchev–Trinajstić information content (AvgIpc) is 3.07. The van der Waals surface area contributed by atoms with Gasteiger partial charge in [0.15, 0.2) is 12.3 Å². The van der Waals surface area contributed by atoms with Gasteiger partial charge in [-0.1, -0.05) is 18.2 Å². The Labute approximate surface area is 180 Å². The molecule has 0 aliphatic carbocycles. The van der Waals surface area contributed by atoms with Crippen molar-refractivity contribution >= 4 is 11.8 Å². The van der Waals surface area contributed by atoms with E-state index in [1.807, 2.05) is 43.5 Å². The van der Waals surface area contributed by atoms with Gasteiger partial charge in [0.25, 0.3) is 5.56 Å². The molecule has 0 aliphatic rings. The van der Waals surface area contributed by atoms with E-state index in [0.29, 0.717) is 11.3 Å². The number of carbonyl (C=O) groups is 2. The van der Waals surface area contributed by atoms with Crippen molar-refractivity contribution in [3.05, 3.63) is 81.5 Å². The second-order valence-electron chi connectivity index (χ2n) is 6.97. The van der Waals surface area contributed by atoms with E-state index in [2.05, 4.69) is 5.10 Å². The average molecular weight is 423 g/mol. The fraction of sp³-hybridized carbons (Fsp3) is 0.304. The van der Waals surface area contributed by atoms with E-state index in [0.717, 1.165) is 22.6 Å². The molecular weight excluding hydrogens is 398 g/mol. The Morgan fingerprint density at radius 1 is 1.06 bits per heavy atom. The minimum absolute atomic E-state index is 0.0499. The largest absolute Gasteiger partial charge is 0.492 e. The first-order valence-electron chi connectivity index (χ1n) is 10.0. The predicted octanol–water partition coefficient (Wildman–Crippen LogP) is 2.80. The quantitative estimate of drug-likeness (QED) is 0.388. The summed E-state index contributed by atoms with van der Waals surface area (Å²) in [5.41, 5.74) is 1.93. The number of ketones is 1. The number of ether oxygens (including phenoxy) is 2. The third kappa shape index (κ3) is 5.28. The lowest BCUT2D eigenvalue weighted by Gasteiger charge is -2.09. The molecule has 3 aromatic rings. The third-order valence-electron chi connectivity index (χ3n) is 4.92. The Morgan fingerprint density at radius 3 is 2.48 bits per heavy atom. The molecule has 1 aromatic carbocycles. The van der Waals surface area contributed by atoms with Crippen molar-refractivity contribution in [3.8, 4) is 5.75 Å². The van der Waals surface area contributed by atoms with Crippen molar-refractivity contribution in [1.82, 2.24) is 14.3 Å². The van der Waals surface area contributed by atoms with Crippen molar-refractivity contribution in [3.63, 3.8) is 0 Å². The highest BCUT2D eigenvalue weighted by atomic mass is 16.5. The lowest BCUT2D eigenvalue weighted by atomic mass is 10.1. The molecule has 0 unspecified atom stereocenters. The highest BCUT2D eigenvalue weighted by Crippen LogP contribution is 2.16. The summed E-state index contributed by atoms with van der Waals surface area (Å²) in [4.78, 5) is 36.9. The van der Waals surface area contributed by atoms with Gasteiger partial charge >= 0.3 is 5.97 Å². The summed E-state index contributed by atoms with van der Waals surface area (Å²) < 4.78 is 13.9. The number of aryl methyl sites for hydroxylation is 1. The van der Waals surface area contributed by atoms with E-state index in [9.17, 15) is 14.4 Å². The van der Waals surface area contributed by atoms with E-state index in [1.54, 1.807) is 18.2 Å². The SMILES string of the molecule is CCn1c(C)cc(C(=O)COC(=O)c2ccc(=O)n(CCOc3ccccc3)n2)c1C. The summed E-state index contributed by atoms with van der Waals surface area (Å²) >= 11 is 0. The lowest BCUT2D eigenvalue weighted by Crippen LogP contribution is -2.27. The Kier molecular flexibility index (Phi) is 7.02. The Balaban J connectivity index is 1.61. The fourth-order valence-corrected chi connectivity index (χ4v) is 3.34. The number of aromatic nitrogens is 3. The summed E-state index contributed by atoms with van der Waals surface area (Å²) in [7, 11) is 0. The Bertz CT molecular complexity index is 1130. The van der Waals surface area contributed by atoms with Gasteiger partial charge in [-0.05, 0) is 45.0 Å². The van der Waals surface area contributed by atoms with Crippen LogP contribution < -0.4 is 10.3 Å². The molecule has 8 nitrogen and oxygen atoms in total. The fourth-order valence-electron chi connectivity index (χ4n) is 3.34. The van der Waals surface area contributed by atoms with Gasteiger partial charge in [-0.15, -0.1) is 0 Å². The van der Waals surface area contributed by atoms with E-state index in [1.165, 1.54) is 12.1 Å². The normalized spacial score (nSPS) is 10.7. The Morgan fingerprint density at radius 2 is 1.81 bits per heavy atom. The van der Waals surface area contributed by atoms with Gasteiger partial charge in [0.05, 0.1) is 6.54 Å². The molecule has 0 amide bonds. The second-order valence-corrected chi connectivity index (χ2v) is 6.97. The standard InChI is InChI=1S/C23H25N3O5/c1-4-25-16(2)14-19(17(25)3)21(27)15-31-23(29)20-10-11-22(28)26(24-20)12-13-30-18-8-6-5-7-9-18/h5-11,14H,4,12-13,15H2,1-3H3. The summed E-state index contributed by atoms with van der Waals surface area (Å²) in [6.07, 6.45) is 0. The summed E-state index contributed by atoms with van der Waals surface area (Å²) in [5.74, 6) is -0.381. The molecule has 0 saturated carbocycles. The Hall–Kier alpha value is -3.68. The molecule has 3 rings (SSSR count). The number of hydrogen-bond acceptors (Lipinski definition) is 6. The van der Waals surface area contributed by atoms with E-state index in [4.69, 9.17) is 9.47 Å². The van der Waals surface area contributed by atoms with Crippen LogP contribution in [0.15, 0.2) is 53.3 Å². The number of rotatable bonds is 9. The van der Waals surface area contributed by atoms with E-state index >= 15 is 0 Å². The summed E-state index contributed by atoms with van der Waals surface area (Å²) in [6.45, 7) is 6.51. The molecule has 162 valence electrons. The first-order chi connectivity index (χ1) is 14.9. The molecule has 0 bridgehead atoms. The zero-order valence-electron chi connectivity index (χ0n) is 17.8. The van der Waals surface area contributed by atoms with Crippen LogP contribution in [0.4, 0.5) is 0 Å². The van der Waals surface area contributed by atoms with Crippen LogP contribution in [0.25, 0.3) is 0 Å². The van der Waals surface area contributed by atoms with Crippen molar-refractivity contribution in [2.45, 2.75) is 33.9 Å². The number of benzene rings is 1. The molecule has 0 saturated heterocycles. The highest BCUT2D eigenvalue weighted by molar-refractivity contribution is 6.00. The zero-order valence-corrected chi connectivity index (χ0v) is 17.8. The predicted molar refractivity (Wildman–Crippen MR) is 115 cm³/mol. The van der Waals surface area contributed by atoms with Gasteiger partial charge in [0.2, 0.25) is 5.78 Å². The van der Waals surface area contributed by atoms with Gasteiger partial charge < -0.3 is 14.0 Å². The topological polar surface area (TPSA) is 92.4 Å². The van der Waals surface area contributed by atoms with Gasteiger partial charge in [0.1, 0.15) is 12.4 Å². The molecular formula is C23H25N3O5. The van der Waals surface area contributed by atoms with Crippen molar-refractivity contribution in [2.24, 2.45) is 0 Å². The molecule has 0 radical (unpaired) electrons. The number of hydrogen-bond donors (Lipinski definition) is 0. The number of para-hydroxylation sites is 1. The van der Waals surface area contributed by atoms with Crippen LogP contribution in [0.3, 0.4) is 0 Å². The van der Waals surface area contributed by atoms with Crippen LogP contribution in [0, 0.1) is 13.8 Å². The zero-order chi connectivity index (χ0) is 22.4. The van der Waals surface area contributed by atoms with Crippen LogP contribution in [0.2, 0.25) is 0 Å². The van der Waals surface area contributed by atoms with Crippen LogP contribution >= 0.6 is 0 Å². The van der Waals surface area contributed by atoms with E-state index in [-0.39, 0.29) is 30.2 Å². The minimum atomic E-state index is -0.768. The number of carbonyl (C=O) groups excluding carboxylic acids is 2. The van der Waals surface area contributed by atoms with Crippen LogP contribution in [-0.2, 0) is 17.8 Å². The summed E-state index contributed by atoms with van der Waals surface area (Å²) in [6, 6.07) is 13.5. The van der Waals surface area contributed by atoms with Crippen LogP contribution in [0.1, 0.15) is 39.2 Å². The molecule has 0 atom stereocenters.